The first-order valence-electron chi connectivity index (χ1n) is 6.16. The van der Waals surface area contributed by atoms with E-state index in [0.29, 0.717) is 11.4 Å². The molecule has 1 aromatic carbocycles. The number of nitrogens with zero attached hydrogens (tertiary/aromatic N) is 2. The monoisotopic (exact) mass is 320 g/mol. The number of rotatable bonds is 5. The molecule has 0 saturated carbocycles. The summed E-state index contributed by atoms with van der Waals surface area (Å²) >= 11 is 0. The summed E-state index contributed by atoms with van der Waals surface area (Å²) in [5.41, 5.74) is -0.230. The molecule has 108 valence electrons. The average molecular weight is 320 g/mol. The van der Waals surface area contributed by atoms with Crippen LogP contribution in [0.5, 0.6) is 0 Å². The highest BCUT2D eigenvalue weighted by atomic mass is 31.1. The minimum Gasteiger partial charge on any atom is -0.345 e. The molecule has 0 amide bonds. The molecule has 0 aromatic heterocycles. The summed E-state index contributed by atoms with van der Waals surface area (Å²) in [4.78, 5) is 23.5. The van der Waals surface area contributed by atoms with Crippen molar-refractivity contribution < 1.29 is 0 Å². The predicted octanol–water partition coefficient (Wildman–Crippen LogP) is 2.48. The molecule has 0 aliphatic heterocycles. The van der Waals surface area contributed by atoms with Gasteiger partial charge in [-0.1, -0.05) is 20.8 Å². The van der Waals surface area contributed by atoms with E-state index in [1.54, 1.807) is 4.44 Å². The van der Waals surface area contributed by atoms with Gasteiger partial charge in [0.15, 0.2) is 0 Å². The van der Waals surface area contributed by atoms with Gasteiger partial charge in [-0.25, -0.2) is 0 Å². The van der Waals surface area contributed by atoms with Crippen LogP contribution >= 0.6 is 28.2 Å². The molecular formula is C12H23N2O2P3. The van der Waals surface area contributed by atoms with Crippen molar-refractivity contribution in [2.45, 2.75) is 46.6 Å². The van der Waals surface area contributed by atoms with Crippen molar-refractivity contribution in [1.29, 1.82) is 0 Å². The molecule has 1 rings (SSSR count). The van der Waals surface area contributed by atoms with Crippen molar-refractivity contribution in [3.63, 3.8) is 0 Å². The molecule has 0 radical (unpaired) electrons. The maximum absolute atomic E-state index is 11.9. The van der Waals surface area contributed by atoms with Crippen LogP contribution in [0.15, 0.2) is 9.59 Å². The summed E-state index contributed by atoms with van der Waals surface area (Å²) in [5, 5.41) is 0. The summed E-state index contributed by atoms with van der Waals surface area (Å²) in [6, 6.07) is 0. The molecule has 19 heavy (non-hydrogen) atoms. The fourth-order valence-electron chi connectivity index (χ4n) is 1.87. The van der Waals surface area contributed by atoms with E-state index in [9.17, 15) is 9.59 Å². The highest BCUT2D eigenvalue weighted by molar-refractivity contribution is 7.39. The summed E-state index contributed by atoms with van der Waals surface area (Å²) in [7, 11) is 7.38. The van der Waals surface area contributed by atoms with Crippen molar-refractivity contribution >= 4 is 39.5 Å². The first-order valence-corrected chi connectivity index (χ1v) is 7.71. The van der Waals surface area contributed by atoms with Gasteiger partial charge in [0, 0.05) is 5.54 Å². The standard InChI is InChI=1S/C12H23N2O2P3/c1-6-11(2,3)12(4,5)13(17)7-8(14(18)19)10(16)9(7)15/h6,17-19H2,1-5H3. The van der Waals surface area contributed by atoms with Crippen LogP contribution in [-0.2, 0) is 0 Å². The quantitative estimate of drug-likeness (QED) is 0.617. The van der Waals surface area contributed by atoms with Crippen molar-refractivity contribution in [3.05, 3.63) is 20.4 Å². The maximum Gasteiger partial charge on any atom is 0.253 e. The van der Waals surface area contributed by atoms with E-state index in [4.69, 9.17) is 0 Å². The van der Waals surface area contributed by atoms with E-state index in [1.165, 1.54) is 0 Å². The Morgan fingerprint density at radius 2 is 1.37 bits per heavy atom. The van der Waals surface area contributed by atoms with Gasteiger partial charge in [-0.05, 0) is 53.9 Å². The lowest BCUT2D eigenvalue weighted by molar-refractivity contribution is 0.201. The van der Waals surface area contributed by atoms with Crippen LogP contribution in [0, 0.1) is 5.41 Å². The largest absolute Gasteiger partial charge is 0.345 e. The van der Waals surface area contributed by atoms with Crippen LogP contribution in [-0.4, -0.2) is 5.54 Å². The summed E-state index contributed by atoms with van der Waals surface area (Å²) in [6.45, 7) is 10.6. The molecule has 3 unspecified atom stereocenters. The summed E-state index contributed by atoms with van der Waals surface area (Å²) in [5.74, 6) is 0. The molecule has 1 aromatic rings. The molecule has 0 heterocycles. The molecule has 0 spiro atoms. The molecule has 0 fully saturated rings. The molecule has 4 nitrogen and oxygen atoms in total. The van der Waals surface area contributed by atoms with Gasteiger partial charge in [-0.15, -0.1) is 0 Å². The predicted molar refractivity (Wildman–Crippen MR) is 93.6 cm³/mol. The number of hydrogen-bond acceptors (Lipinski definition) is 4. The fraction of sp³-hybridized carbons (Fsp3) is 0.667. The van der Waals surface area contributed by atoms with Crippen LogP contribution in [0.3, 0.4) is 0 Å². The second-order valence-electron chi connectivity index (χ2n) is 5.93. The molecule has 0 aliphatic carbocycles. The SMILES string of the molecule is CCC(C)(C)C(C)(C)N(P)c1c(N(P)P)c(=O)c1=O. The van der Waals surface area contributed by atoms with E-state index >= 15 is 0 Å². The molecule has 0 N–H and O–H groups in total. The molecule has 7 heteroatoms. The topological polar surface area (TPSA) is 40.6 Å². The number of anilines is 2. The van der Waals surface area contributed by atoms with E-state index in [-0.39, 0.29) is 11.0 Å². The van der Waals surface area contributed by atoms with Crippen LogP contribution < -0.4 is 20.0 Å². The first kappa shape index (κ1) is 17.0. The Morgan fingerprint density at radius 1 is 0.947 bits per heavy atom. The average Bonchev–Trinajstić information content (AvgIpc) is 2.32. The van der Waals surface area contributed by atoms with Gasteiger partial charge in [-0.2, -0.15) is 0 Å². The Hall–Kier alpha value is -0.0300. The third-order valence-electron chi connectivity index (χ3n) is 4.50. The van der Waals surface area contributed by atoms with Gasteiger partial charge in [0.05, 0.1) is 0 Å². The first-order chi connectivity index (χ1) is 8.49. The van der Waals surface area contributed by atoms with E-state index in [2.05, 4.69) is 62.8 Å². The molecule has 0 bridgehead atoms. The summed E-state index contributed by atoms with van der Waals surface area (Å²) < 4.78 is 3.40. The molecule has 0 aliphatic rings. The third-order valence-corrected chi connectivity index (χ3v) is 5.92. The highest BCUT2D eigenvalue weighted by Gasteiger charge is 2.42. The van der Waals surface area contributed by atoms with Gasteiger partial charge < -0.3 is 9.11 Å². The number of hydrogen-bond donors (Lipinski definition) is 0. The molecule has 0 saturated heterocycles. The van der Waals surface area contributed by atoms with Crippen molar-refractivity contribution in [1.82, 2.24) is 0 Å². The smallest absolute Gasteiger partial charge is 0.253 e. The zero-order valence-corrected chi connectivity index (χ0v) is 15.6. The second-order valence-corrected chi connectivity index (χ2v) is 8.15. The second kappa shape index (κ2) is 5.40. The van der Waals surface area contributed by atoms with E-state index in [0.717, 1.165) is 6.42 Å². The molecular weight excluding hydrogens is 297 g/mol. The van der Waals surface area contributed by atoms with Crippen LogP contribution in [0.2, 0.25) is 0 Å². The van der Waals surface area contributed by atoms with Gasteiger partial charge >= 0.3 is 0 Å². The highest BCUT2D eigenvalue weighted by Crippen LogP contribution is 2.44. The Balaban J connectivity index is 3.30. The van der Waals surface area contributed by atoms with Gasteiger partial charge in [-0.3, -0.25) is 9.59 Å². The van der Waals surface area contributed by atoms with Crippen molar-refractivity contribution in [2.75, 3.05) is 9.11 Å². The lowest BCUT2D eigenvalue weighted by atomic mass is 9.72. The lowest BCUT2D eigenvalue weighted by Gasteiger charge is -2.49. The normalized spacial score (nSPS) is 12.8. The third kappa shape index (κ3) is 2.60. The molecule has 3 atom stereocenters. The Morgan fingerprint density at radius 3 is 1.74 bits per heavy atom. The van der Waals surface area contributed by atoms with Crippen molar-refractivity contribution in [2.24, 2.45) is 5.41 Å². The van der Waals surface area contributed by atoms with Crippen LogP contribution in [0.25, 0.3) is 0 Å². The minimum atomic E-state index is -0.433. The lowest BCUT2D eigenvalue weighted by Crippen LogP contribution is -2.53. The van der Waals surface area contributed by atoms with Gasteiger partial charge in [0.1, 0.15) is 11.4 Å². The van der Waals surface area contributed by atoms with Crippen molar-refractivity contribution in [3.8, 4) is 0 Å². The minimum absolute atomic E-state index is 0.00161. The van der Waals surface area contributed by atoms with Gasteiger partial charge in [0.2, 0.25) is 0 Å². The maximum atomic E-state index is 11.9. The van der Waals surface area contributed by atoms with Crippen LogP contribution in [0.4, 0.5) is 11.4 Å². The fourth-order valence-corrected chi connectivity index (χ4v) is 2.94. The Bertz CT molecular complexity index is 545. The Labute approximate surface area is 121 Å². The Kier molecular flexibility index (Phi) is 4.83. The van der Waals surface area contributed by atoms with Crippen LogP contribution in [0.1, 0.15) is 41.0 Å². The zero-order valence-electron chi connectivity index (χ0n) is 12.2. The van der Waals surface area contributed by atoms with E-state index in [1.807, 2.05) is 4.67 Å². The van der Waals surface area contributed by atoms with Gasteiger partial charge in [0.25, 0.3) is 10.9 Å². The zero-order chi connectivity index (χ0) is 15.2. The summed E-state index contributed by atoms with van der Waals surface area (Å²) in [6.07, 6.45) is 0.973. The van der Waals surface area contributed by atoms with E-state index < -0.39 is 10.9 Å².